The van der Waals surface area contributed by atoms with Gasteiger partial charge in [0.15, 0.2) is 0 Å². The predicted octanol–water partition coefficient (Wildman–Crippen LogP) is 2.97. The van der Waals surface area contributed by atoms with Crippen molar-refractivity contribution in [1.82, 2.24) is 10.2 Å². The Bertz CT molecular complexity index is 829. The fourth-order valence-electron chi connectivity index (χ4n) is 2.07. The van der Waals surface area contributed by atoms with Gasteiger partial charge in [0, 0.05) is 11.6 Å². The molecule has 0 atom stereocenters. The van der Waals surface area contributed by atoms with Crippen molar-refractivity contribution in [1.29, 1.82) is 0 Å². The van der Waals surface area contributed by atoms with Gasteiger partial charge in [0.25, 0.3) is 0 Å². The number of methoxy groups -OCH3 is 2. The molecule has 0 aliphatic rings. The second-order valence-electron chi connectivity index (χ2n) is 4.69. The molecule has 0 radical (unpaired) electrons. The minimum atomic E-state index is -0.638. The van der Waals surface area contributed by atoms with Crippen molar-refractivity contribution < 1.29 is 23.4 Å². The average Bonchev–Trinajstić information content (AvgIpc) is 3.16. The lowest BCUT2D eigenvalue weighted by Gasteiger charge is -2.09. The van der Waals surface area contributed by atoms with E-state index >= 15 is 0 Å². The summed E-state index contributed by atoms with van der Waals surface area (Å²) in [6.07, 6.45) is 1.39. The molecule has 3 rings (SSSR count). The van der Waals surface area contributed by atoms with Gasteiger partial charge < -0.3 is 18.6 Å². The van der Waals surface area contributed by atoms with Crippen LogP contribution in [0.2, 0.25) is 0 Å². The van der Waals surface area contributed by atoms with Crippen LogP contribution >= 0.6 is 0 Å². The molecule has 0 N–H and O–H groups in total. The predicted molar refractivity (Wildman–Crippen MR) is 84.2 cm³/mol. The quantitative estimate of drug-likeness (QED) is 0.666. The zero-order chi connectivity index (χ0) is 16.9. The van der Waals surface area contributed by atoms with E-state index in [0.717, 1.165) is 0 Å². The summed E-state index contributed by atoms with van der Waals surface area (Å²) in [7, 11) is 3.15. The summed E-state index contributed by atoms with van der Waals surface area (Å²) in [4.78, 5) is 11.8. The van der Waals surface area contributed by atoms with Gasteiger partial charge >= 0.3 is 5.97 Å². The molecule has 24 heavy (non-hydrogen) atoms. The minimum Gasteiger partial charge on any atom is -0.497 e. The number of furan rings is 1. The Morgan fingerprint density at radius 3 is 2.54 bits per heavy atom. The minimum absolute atomic E-state index is 0.0713. The number of carbonyl (C=O) groups excluding carboxylic acids is 1. The number of aromatic nitrogens is 2. The van der Waals surface area contributed by atoms with Crippen LogP contribution in [0.15, 0.2) is 53.1 Å². The first-order chi connectivity index (χ1) is 11.7. The van der Waals surface area contributed by atoms with E-state index in [1.54, 1.807) is 50.6 Å². The lowest BCUT2D eigenvalue weighted by atomic mass is 10.1. The first kappa shape index (κ1) is 15.5. The van der Waals surface area contributed by atoms with Crippen LogP contribution in [0.5, 0.6) is 17.4 Å². The highest BCUT2D eigenvalue weighted by Crippen LogP contribution is 2.32. The first-order valence-electron chi connectivity index (χ1n) is 7.03. The fraction of sp³-hybridized carbons (Fsp3) is 0.118. The normalized spacial score (nSPS) is 10.2. The second-order valence-corrected chi connectivity index (χ2v) is 4.69. The number of rotatable bonds is 5. The van der Waals surface area contributed by atoms with Crippen LogP contribution in [0.3, 0.4) is 0 Å². The molecule has 7 heteroatoms. The van der Waals surface area contributed by atoms with Crippen molar-refractivity contribution in [3.05, 3.63) is 54.5 Å². The van der Waals surface area contributed by atoms with Gasteiger partial charge in [0.1, 0.15) is 11.5 Å². The third-order valence-corrected chi connectivity index (χ3v) is 3.24. The Balaban J connectivity index is 1.83. The van der Waals surface area contributed by atoms with Gasteiger partial charge in [0.2, 0.25) is 11.6 Å². The van der Waals surface area contributed by atoms with Gasteiger partial charge in [-0.1, -0.05) is 0 Å². The summed E-state index contributed by atoms with van der Waals surface area (Å²) in [5.74, 6) is 0.824. The van der Waals surface area contributed by atoms with Crippen molar-refractivity contribution in [3.63, 3.8) is 0 Å². The van der Waals surface area contributed by atoms with Gasteiger partial charge in [-0.15, -0.1) is 10.2 Å². The fourth-order valence-corrected chi connectivity index (χ4v) is 2.07. The Morgan fingerprint density at radius 1 is 1.04 bits per heavy atom. The SMILES string of the molecule is COc1ccc(OC)c(-c2ccc(OC(=O)c3ccco3)nn2)c1. The number of carbonyl (C=O) groups is 1. The maximum Gasteiger partial charge on any atom is 0.380 e. The smallest absolute Gasteiger partial charge is 0.380 e. The van der Waals surface area contributed by atoms with E-state index in [0.29, 0.717) is 22.8 Å². The number of hydrogen-bond acceptors (Lipinski definition) is 7. The van der Waals surface area contributed by atoms with Gasteiger partial charge in [-0.3, -0.25) is 0 Å². The summed E-state index contributed by atoms with van der Waals surface area (Å²) < 4.78 is 20.6. The molecule has 0 fully saturated rings. The molecule has 0 aliphatic carbocycles. The molecular formula is C17H14N2O5. The molecule has 3 aromatic rings. The van der Waals surface area contributed by atoms with Gasteiger partial charge in [-0.05, 0) is 36.4 Å². The number of esters is 1. The zero-order valence-electron chi connectivity index (χ0n) is 13.1. The summed E-state index contributed by atoms with van der Waals surface area (Å²) in [6, 6.07) is 11.7. The summed E-state index contributed by atoms with van der Waals surface area (Å²) in [5.41, 5.74) is 1.27. The summed E-state index contributed by atoms with van der Waals surface area (Å²) in [5, 5.41) is 7.98. The topological polar surface area (TPSA) is 83.7 Å². The van der Waals surface area contributed by atoms with Crippen LogP contribution in [-0.4, -0.2) is 30.4 Å². The maximum atomic E-state index is 11.8. The van der Waals surface area contributed by atoms with E-state index in [1.807, 2.05) is 0 Å². The maximum absolute atomic E-state index is 11.8. The highest BCUT2D eigenvalue weighted by molar-refractivity contribution is 5.87. The average molecular weight is 326 g/mol. The van der Waals surface area contributed by atoms with E-state index in [9.17, 15) is 4.79 Å². The number of hydrogen-bond donors (Lipinski definition) is 0. The molecule has 1 aromatic carbocycles. The molecule has 0 saturated carbocycles. The Hall–Kier alpha value is -3.35. The van der Waals surface area contributed by atoms with Crippen LogP contribution in [-0.2, 0) is 0 Å². The number of ether oxygens (including phenoxy) is 3. The lowest BCUT2D eigenvalue weighted by Crippen LogP contribution is -2.08. The number of nitrogens with zero attached hydrogens (tertiary/aromatic N) is 2. The third-order valence-electron chi connectivity index (χ3n) is 3.24. The molecule has 122 valence electrons. The van der Waals surface area contributed by atoms with Gasteiger partial charge in [-0.25, -0.2) is 4.79 Å². The van der Waals surface area contributed by atoms with Crippen molar-refractivity contribution >= 4 is 5.97 Å². The van der Waals surface area contributed by atoms with Crippen molar-refractivity contribution in [2.45, 2.75) is 0 Å². The third kappa shape index (κ3) is 3.19. The van der Waals surface area contributed by atoms with E-state index in [1.165, 1.54) is 12.3 Å². The highest BCUT2D eigenvalue weighted by Gasteiger charge is 2.14. The zero-order valence-corrected chi connectivity index (χ0v) is 13.1. The monoisotopic (exact) mass is 326 g/mol. The van der Waals surface area contributed by atoms with Crippen LogP contribution in [0.1, 0.15) is 10.6 Å². The van der Waals surface area contributed by atoms with Crippen molar-refractivity contribution in [2.75, 3.05) is 14.2 Å². The first-order valence-corrected chi connectivity index (χ1v) is 7.03. The Labute approximate surface area is 137 Å². The molecule has 0 bridgehead atoms. The molecule has 7 nitrogen and oxygen atoms in total. The molecule has 0 aliphatic heterocycles. The van der Waals surface area contributed by atoms with Crippen molar-refractivity contribution in [2.24, 2.45) is 0 Å². The van der Waals surface area contributed by atoms with Crippen molar-refractivity contribution in [3.8, 4) is 28.6 Å². The second kappa shape index (κ2) is 6.82. The van der Waals surface area contributed by atoms with E-state index in [-0.39, 0.29) is 11.6 Å². The number of benzene rings is 1. The highest BCUT2D eigenvalue weighted by atomic mass is 16.6. The summed E-state index contributed by atoms with van der Waals surface area (Å²) >= 11 is 0. The lowest BCUT2D eigenvalue weighted by molar-refractivity contribution is 0.0692. The van der Waals surface area contributed by atoms with E-state index in [4.69, 9.17) is 18.6 Å². The molecule has 2 heterocycles. The molecule has 0 unspecified atom stereocenters. The van der Waals surface area contributed by atoms with Gasteiger partial charge in [-0.2, -0.15) is 0 Å². The largest absolute Gasteiger partial charge is 0.497 e. The molecule has 2 aromatic heterocycles. The summed E-state index contributed by atoms with van der Waals surface area (Å²) in [6.45, 7) is 0. The van der Waals surface area contributed by atoms with Gasteiger partial charge in [0.05, 0.1) is 26.2 Å². The van der Waals surface area contributed by atoms with Crippen LogP contribution in [0.4, 0.5) is 0 Å². The molecule has 0 saturated heterocycles. The molecule has 0 amide bonds. The standard InChI is InChI=1S/C17H14N2O5/c1-21-11-5-7-14(22-2)12(10-11)13-6-8-16(19-18-13)24-17(20)15-4-3-9-23-15/h3-10H,1-2H3. The van der Waals surface area contributed by atoms with E-state index < -0.39 is 5.97 Å². The van der Waals surface area contributed by atoms with Crippen LogP contribution < -0.4 is 14.2 Å². The van der Waals surface area contributed by atoms with Crippen LogP contribution in [0, 0.1) is 0 Å². The molecule has 0 spiro atoms. The van der Waals surface area contributed by atoms with Crippen LogP contribution in [0.25, 0.3) is 11.3 Å². The van der Waals surface area contributed by atoms with E-state index in [2.05, 4.69) is 10.2 Å². The molecular weight excluding hydrogens is 312 g/mol. The Morgan fingerprint density at radius 2 is 1.92 bits per heavy atom. The Kier molecular flexibility index (Phi) is 4.42.